The lowest BCUT2D eigenvalue weighted by molar-refractivity contribution is 0.0176. The zero-order valence-corrected chi connectivity index (χ0v) is 13.1. The van der Waals surface area contributed by atoms with Gasteiger partial charge in [-0.05, 0) is 37.8 Å². The highest BCUT2D eigenvalue weighted by Crippen LogP contribution is 2.23. The summed E-state index contributed by atoms with van der Waals surface area (Å²) in [6, 6.07) is 3.93. The quantitative estimate of drug-likeness (QED) is 0.809. The van der Waals surface area contributed by atoms with Crippen LogP contribution in [-0.2, 0) is 11.2 Å². The smallest absolute Gasteiger partial charge is 0.251 e. The normalized spacial score (nSPS) is 20.7. The fourth-order valence-corrected chi connectivity index (χ4v) is 2.39. The van der Waals surface area contributed by atoms with E-state index in [2.05, 4.69) is 22.5 Å². The van der Waals surface area contributed by atoms with Gasteiger partial charge in [0.15, 0.2) is 0 Å². The molecule has 0 atom stereocenters. The van der Waals surface area contributed by atoms with Gasteiger partial charge in [-0.2, -0.15) is 0 Å². The molecule has 5 heteroatoms. The van der Waals surface area contributed by atoms with E-state index in [0.717, 1.165) is 43.7 Å². The van der Waals surface area contributed by atoms with Gasteiger partial charge in [0.1, 0.15) is 5.82 Å². The van der Waals surface area contributed by atoms with Crippen molar-refractivity contribution in [3.8, 4) is 0 Å². The third-order valence-electron chi connectivity index (χ3n) is 3.82. The van der Waals surface area contributed by atoms with Gasteiger partial charge in [-0.25, -0.2) is 4.98 Å². The van der Waals surface area contributed by atoms with Crippen LogP contribution in [-0.4, -0.2) is 36.7 Å². The summed E-state index contributed by atoms with van der Waals surface area (Å²) in [7, 11) is 1.71. The minimum atomic E-state index is -0.0220. The first-order valence-corrected chi connectivity index (χ1v) is 7.74. The first-order valence-electron chi connectivity index (χ1n) is 7.74. The number of aryl methyl sites for hydroxylation is 1. The van der Waals surface area contributed by atoms with Gasteiger partial charge in [-0.1, -0.05) is 13.8 Å². The van der Waals surface area contributed by atoms with Gasteiger partial charge in [0.05, 0.1) is 6.10 Å². The summed E-state index contributed by atoms with van der Waals surface area (Å²) in [5.41, 5.74) is 1.62. The number of carbonyl (C=O) groups excluding carboxylic acids is 1. The predicted octanol–water partition coefficient (Wildman–Crippen LogP) is 2.37. The Labute approximate surface area is 126 Å². The van der Waals surface area contributed by atoms with Crippen molar-refractivity contribution in [1.82, 2.24) is 10.3 Å². The molecule has 1 amide bonds. The maximum absolute atomic E-state index is 12.3. The van der Waals surface area contributed by atoms with E-state index in [-0.39, 0.29) is 11.9 Å². The lowest BCUT2D eigenvalue weighted by Crippen LogP contribution is -2.47. The molecule has 0 radical (unpaired) electrons. The van der Waals surface area contributed by atoms with E-state index in [4.69, 9.17) is 4.74 Å². The van der Waals surface area contributed by atoms with E-state index in [0.29, 0.717) is 11.7 Å². The second-order valence-electron chi connectivity index (χ2n) is 5.51. The number of hydrogen-bond donors (Lipinski definition) is 2. The van der Waals surface area contributed by atoms with Crippen LogP contribution in [0.25, 0.3) is 0 Å². The molecule has 0 bridgehead atoms. The Morgan fingerprint density at radius 3 is 2.76 bits per heavy atom. The van der Waals surface area contributed by atoms with Crippen LogP contribution in [0.2, 0.25) is 0 Å². The molecule has 21 heavy (non-hydrogen) atoms. The molecular weight excluding hydrogens is 266 g/mol. The summed E-state index contributed by atoms with van der Waals surface area (Å²) in [5.74, 6) is 0.760. The molecule has 0 saturated heterocycles. The van der Waals surface area contributed by atoms with Crippen molar-refractivity contribution in [2.24, 2.45) is 0 Å². The minimum Gasteiger partial charge on any atom is -0.381 e. The topological polar surface area (TPSA) is 63.2 Å². The van der Waals surface area contributed by atoms with Gasteiger partial charge in [0.25, 0.3) is 5.91 Å². The van der Waals surface area contributed by atoms with E-state index in [1.54, 1.807) is 7.11 Å². The number of amides is 1. The summed E-state index contributed by atoms with van der Waals surface area (Å²) < 4.78 is 5.23. The molecule has 1 fully saturated rings. The lowest BCUT2D eigenvalue weighted by Gasteiger charge is -2.34. The van der Waals surface area contributed by atoms with Crippen LogP contribution < -0.4 is 10.6 Å². The number of nitrogens with one attached hydrogen (secondary N) is 2. The van der Waals surface area contributed by atoms with Crippen molar-refractivity contribution < 1.29 is 9.53 Å². The summed E-state index contributed by atoms with van der Waals surface area (Å²) in [6.45, 7) is 5.01. The molecule has 1 heterocycles. The molecular formula is C16H25N3O2. The van der Waals surface area contributed by atoms with Crippen LogP contribution in [0.5, 0.6) is 0 Å². The largest absolute Gasteiger partial charge is 0.381 e. The third-order valence-corrected chi connectivity index (χ3v) is 3.82. The maximum atomic E-state index is 12.3. The number of methoxy groups -OCH3 is 1. The van der Waals surface area contributed by atoms with Crippen molar-refractivity contribution in [1.29, 1.82) is 0 Å². The molecule has 0 aliphatic heterocycles. The van der Waals surface area contributed by atoms with Crippen molar-refractivity contribution in [2.45, 2.75) is 51.7 Å². The summed E-state index contributed by atoms with van der Waals surface area (Å²) in [5, 5.41) is 6.31. The zero-order chi connectivity index (χ0) is 15.2. The van der Waals surface area contributed by atoms with Crippen LogP contribution in [0.1, 0.15) is 49.2 Å². The standard InChI is InChI=1S/C16H25N3O2/c1-4-6-17-15-8-11(7-12(5-2)18-15)16(20)19-13-9-14(10-13)21-3/h7-8,13-14H,4-6,9-10H2,1-3H3,(H,17,18)(H,19,20). The maximum Gasteiger partial charge on any atom is 0.251 e. The highest BCUT2D eigenvalue weighted by atomic mass is 16.5. The highest BCUT2D eigenvalue weighted by molar-refractivity contribution is 5.95. The Bertz CT molecular complexity index is 484. The fourth-order valence-electron chi connectivity index (χ4n) is 2.39. The molecule has 5 nitrogen and oxygen atoms in total. The first-order chi connectivity index (χ1) is 10.2. The van der Waals surface area contributed by atoms with Gasteiger partial charge in [-0.3, -0.25) is 4.79 Å². The number of nitrogens with zero attached hydrogens (tertiary/aromatic N) is 1. The zero-order valence-electron chi connectivity index (χ0n) is 13.1. The molecule has 2 rings (SSSR count). The summed E-state index contributed by atoms with van der Waals surface area (Å²) in [4.78, 5) is 16.8. The SMILES string of the molecule is CCCNc1cc(C(=O)NC2CC(OC)C2)cc(CC)n1. The van der Waals surface area contributed by atoms with Gasteiger partial charge in [-0.15, -0.1) is 0 Å². The number of pyridine rings is 1. The van der Waals surface area contributed by atoms with Gasteiger partial charge < -0.3 is 15.4 Å². The number of hydrogen-bond acceptors (Lipinski definition) is 4. The van der Waals surface area contributed by atoms with Crippen LogP contribution in [0.15, 0.2) is 12.1 Å². The molecule has 1 aliphatic rings. The average molecular weight is 291 g/mol. The van der Waals surface area contributed by atoms with Crippen LogP contribution >= 0.6 is 0 Å². The monoisotopic (exact) mass is 291 g/mol. The molecule has 0 unspecified atom stereocenters. The predicted molar refractivity (Wildman–Crippen MR) is 83.7 cm³/mol. The molecule has 1 aliphatic carbocycles. The Morgan fingerprint density at radius 2 is 2.14 bits per heavy atom. The van der Waals surface area contributed by atoms with E-state index in [1.165, 1.54) is 0 Å². The van der Waals surface area contributed by atoms with E-state index in [1.807, 2.05) is 19.1 Å². The average Bonchev–Trinajstić information content (AvgIpc) is 2.47. The number of ether oxygens (including phenoxy) is 1. The van der Waals surface area contributed by atoms with Crippen LogP contribution in [0.3, 0.4) is 0 Å². The van der Waals surface area contributed by atoms with E-state index in [9.17, 15) is 4.79 Å². The highest BCUT2D eigenvalue weighted by Gasteiger charge is 2.30. The number of anilines is 1. The minimum absolute atomic E-state index is 0.0220. The van der Waals surface area contributed by atoms with Crippen LogP contribution in [0.4, 0.5) is 5.82 Å². The second kappa shape index (κ2) is 7.41. The van der Waals surface area contributed by atoms with Gasteiger partial charge >= 0.3 is 0 Å². The van der Waals surface area contributed by atoms with Crippen molar-refractivity contribution in [3.05, 3.63) is 23.4 Å². The molecule has 0 spiro atoms. The number of rotatable bonds is 7. The molecule has 2 N–H and O–H groups in total. The Morgan fingerprint density at radius 1 is 1.38 bits per heavy atom. The fraction of sp³-hybridized carbons (Fsp3) is 0.625. The Hall–Kier alpha value is -1.62. The van der Waals surface area contributed by atoms with Gasteiger partial charge in [0, 0.05) is 31.0 Å². The second-order valence-corrected chi connectivity index (χ2v) is 5.51. The van der Waals surface area contributed by atoms with Gasteiger partial charge in [0.2, 0.25) is 0 Å². The molecule has 1 aromatic heterocycles. The Kier molecular flexibility index (Phi) is 5.56. The van der Waals surface area contributed by atoms with Crippen LogP contribution in [0, 0.1) is 0 Å². The third kappa shape index (κ3) is 4.17. The Balaban J connectivity index is 2.01. The lowest BCUT2D eigenvalue weighted by atomic mass is 9.89. The van der Waals surface area contributed by atoms with Crippen molar-refractivity contribution >= 4 is 11.7 Å². The summed E-state index contributed by atoms with van der Waals surface area (Å²) in [6.07, 6.45) is 3.93. The molecule has 116 valence electrons. The number of aromatic nitrogens is 1. The molecule has 1 saturated carbocycles. The van der Waals surface area contributed by atoms with Crippen molar-refractivity contribution in [2.75, 3.05) is 19.0 Å². The van der Waals surface area contributed by atoms with E-state index >= 15 is 0 Å². The molecule has 0 aromatic carbocycles. The number of carbonyl (C=O) groups is 1. The summed E-state index contributed by atoms with van der Waals surface area (Å²) >= 11 is 0. The molecule has 1 aromatic rings. The van der Waals surface area contributed by atoms with E-state index < -0.39 is 0 Å². The first kappa shape index (κ1) is 15.8. The van der Waals surface area contributed by atoms with Crippen molar-refractivity contribution in [3.63, 3.8) is 0 Å².